The molecular formula is C60H115NO5. The molecule has 3 atom stereocenters. The van der Waals surface area contributed by atoms with Crippen LogP contribution in [0.2, 0.25) is 0 Å². The summed E-state index contributed by atoms with van der Waals surface area (Å²) in [5.74, 6) is -0.501. The number of allylic oxidation sites excluding steroid dienone is 4. The van der Waals surface area contributed by atoms with Crippen LogP contribution in [-0.4, -0.2) is 46.9 Å². The fourth-order valence-electron chi connectivity index (χ4n) is 9.31. The van der Waals surface area contributed by atoms with Gasteiger partial charge in [-0.15, -0.1) is 0 Å². The summed E-state index contributed by atoms with van der Waals surface area (Å²) in [6.07, 6.45) is 64.0. The minimum atomic E-state index is -0.796. The first-order valence-corrected chi connectivity index (χ1v) is 29.6. The molecule has 3 unspecified atom stereocenters. The fourth-order valence-corrected chi connectivity index (χ4v) is 9.31. The van der Waals surface area contributed by atoms with E-state index >= 15 is 0 Å². The third-order valence-electron chi connectivity index (χ3n) is 13.8. The van der Waals surface area contributed by atoms with Crippen LogP contribution in [0.5, 0.6) is 0 Å². The Morgan fingerprint density at radius 1 is 0.439 bits per heavy atom. The molecule has 0 heterocycles. The molecule has 0 bridgehead atoms. The maximum Gasteiger partial charge on any atom is 0.306 e. The van der Waals surface area contributed by atoms with Gasteiger partial charge in [0.2, 0.25) is 5.91 Å². The van der Waals surface area contributed by atoms with Crippen LogP contribution < -0.4 is 5.32 Å². The number of unbranched alkanes of at least 4 members (excludes halogenated alkanes) is 39. The van der Waals surface area contributed by atoms with Crippen LogP contribution >= 0.6 is 0 Å². The number of amides is 1. The van der Waals surface area contributed by atoms with Crippen LogP contribution in [0.25, 0.3) is 0 Å². The molecule has 0 saturated carbocycles. The van der Waals surface area contributed by atoms with Crippen molar-refractivity contribution in [2.24, 2.45) is 0 Å². The molecule has 0 rings (SSSR count). The third-order valence-corrected chi connectivity index (χ3v) is 13.8. The van der Waals surface area contributed by atoms with E-state index in [2.05, 4.69) is 50.4 Å². The summed E-state index contributed by atoms with van der Waals surface area (Å²) in [6.45, 7) is 6.51. The maximum absolute atomic E-state index is 13.3. The standard InChI is InChI=1S/C60H115NO5/c1-4-7-10-13-16-19-22-25-28-29-30-31-32-35-38-41-44-47-50-53-60(65)66-56(51-48-45-42-39-36-33-26-23-20-17-14-11-8-5-2)54-59(64)61-57(55-62)58(63)52-49-46-43-40-37-34-27-24-21-18-15-12-9-6-3/h33,36,39,42,56-58,62-63H,4-32,34-35,37-38,40-41,43-55H2,1-3H3,(H,61,64)/b36-33+,42-39+. The van der Waals surface area contributed by atoms with Gasteiger partial charge in [0.15, 0.2) is 0 Å². The fraction of sp³-hybridized carbons (Fsp3) is 0.900. The van der Waals surface area contributed by atoms with E-state index in [0.717, 1.165) is 57.8 Å². The number of carbonyl (C=O) groups excluding carboxylic acids is 2. The van der Waals surface area contributed by atoms with Crippen molar-refractivity contribution in [1.29, 1.82) is 0 Å². The summed E-state index contributed by atoms with van der Waals surface area (Å²) in [5.41, 5.74) is 0. The number of ether oxygens (including phenoxy) is 1. The van der Waals surface area contributed by atoms with Crippen molar-refractivity contribution < 1.29 is 24.5 Å². The molecule has 0 aromatic carbocycles. The summed E-state index contributed by atoms with van der Waals surface area (Å²) in [5, 5.41) is 23.9. The van der Waals surface area contributed by atoms with Gasteiger partial charge in [0.25, 0.3) is 0 Å². The van der Waals surface area contributed by atoms with Crippen molar-refractivity contribution in [3.05, 3.63) is 24.3 Å². The molecule has 0 aromatic heterocycles. The number of carbonyl (C=O) groups is 2. The minimum Gasteiger partial charge on any atom is -0.462 e. The van der Waals surface area contributed by atoms with Gasteiger partial charge in [0.1, 0.15) is 6.10 Å². The number of rotatable bonds is 54. The molecule has 0 aliphatic carbocycles. The molecule has 0 spiro atoms. The van der Waals surface area contributed by atoms with Crippen molar-refractivity contribution in [1.82, 2.24) is 5.32 Å². The summed E-state index contributed by atoms with van der Waals surface area (Å²) in [7, 11) is 0. The van der Waals surface area contributed by atoms with Gasteiger partial charge in [-0.25, -0.2) is 0 Å². The smallest absolute Gasteiger partial charge is 0.306 e. The van der Waals surface area contributed by atoms with Gasteiger partial charge >= 0.3 is 5.97 Å². The Kier molecular flexibility index (Phi) is 52.9. The highest BCUT2D eigenvalue weighted by Gasteiger charge is 2.24. The molecule has 6 heteroatoms. The van der Waals surface area contributed by atoms with Gasteiger partial charge < -0.3 is 20.3 Å². The zero-order chi connectivity index (χ0) is 48.1. The lowest BCUT2D eigenvalue weighted by molar-refractivity contribution is -0.151. The average Bonchev–Trinajstić information content (AvgIpc) is 3.31. The summed E-state index contributed by atoms with van der Waals surface area (Å²) >= 11 is 0. The number of nitrogens with one attached hydrogen (secondary N) is 1. The topological polar surface area (TPSA) is 95.9 Å². The van der Waals surface area contributed by atoms with Crippen molar-refractivity contribution >= 4 is 11.9 Å². The van der Waals surface area contributed by atoms with Crippen LogP contribution in [0.3, 0.4) is 0 Å². The zero-order valence-electron chi connectivity index (χ0n) is 44.6. The summed E-state index contributed by atoms with van der Waals surface area (Å²) < 4.78 is 5.94. The Bertz CT molecular complexity index is 1040. The second-order valence-electron chi connectivity index (χ2n) is 20.4. The summed E-state index contributed by atoms with van der Waals surface area (Å²) in [6, 6.07) is -0.712. The van der Waals surface area contributed by atoms with Crippen LogP contribution in [0.4, 0.5) is 0 Å². The Balaban J connectivity index is 4.52. The van der Waals surface area contributed by atoms with E-state index < -0.39 is 18.2 Å². The second kappa shape index (κ2) is 54.3. The lowest BCUT2D eigenvalue weighted by atomic mass is 10.0. The normalized spacial score (nSPS) is 13.2. The van der Waals surface area contributed by atoms with Crippen molar-refractivity contribution in [2.75, 3.05) is 6.61 Å². The number of aliphatic hydroxyl groups is 2. The monoisotopic (exact) mass is 930 g/mol. The molecular weight excluding hydrogens is 815 g/mol. The molecule has 0 aliphatic rings. The van der Waals surface area contributed by atoms with Crippen LogP contribution in [0.15, 0.2) is 24.3 Å². The third kappa shape index (κ3) is 48.8. The molecule has 0 fully saturated rings. The highest BCUT2D eigenvalue weighted by atomic mass is 16.5. The van der Waals surface area contributed by atoms with E-state index in [1.807, 2.05) is 0 Å². The van der Waals surface area contributed by atoms with Gasteiger partial charge in [-0.1, -0.05) is 289 Å². The second-order valence-corrected chi connectivity index (χ2v) is 20.4. The van der Waals surface area contributed by atoms with E-state index in [1.54, 1.807) is 0 Å². The lowest BCUT2D eigenvalue weighted by Crippen LogP contribution is -2.46. The van der Waals surface area contributed by atoms with Crippen LogP contribution in [0.1, 0.15) is 323 Å². The van der Waals surface area contributed by atoms with Crippen LogP contribution in [0, 0.1) is 0 Å². The van der Waals surface area contributed by atoms with Gasteiger partial charge in [-0.2, -0.15) is 0 Å². The van der Waals surface area contributed by atoms with E-state index in [1.165, 1.54) is 218 Å². The highest BCUT2D eigenvalue weighted by Crippen LogP contribution is 2.18. The molecule has 6 nitrogen and oxygen atoms in total. The number of hydrogen-bond acceptors (Lipinski definition) is 5. The van der Waals surface area contributed by atoms with Gasteiger partial charge in [0, 0.05) is 6.42 Å². The molecule has 0 aliphatic heterocycles. The Hall–Kier alpha value is -1.66. The van der Waals surface area contributed by atoms with Gasteiger partial charge in [0.05, 0.1) is 25.2 Å². The van der Waals surface area contributed by atoms with Crippen LogP contribution in [-0.2, 0) is 14.3 Å². The predicted molar refractivity (Wildman–Crippen MR) is 287 cm³/mol. The largest absolute Gasteiger partial charge is 0.462 e. The predicted octanol–water partition coefficient (Wildman–Crippen LogP) is 18.2. The Morgan fingerprint density at radius 3 is 1.15 bits per heavy atom. The molecule has 0 saturated heterocycles. The zero-order valence-corrected chi connectivity index (χ0v) is 44.6. The first kappa shape index (κ1) is 64.3. The van der Waals surface area contributed by atoms with E-state index in [4.69, 9.17) is 4.74 Å². The highest BCUT2D eigenvalue weighted by molar-refractivity contribution is 5.77. The van der Waals surface area contributed by atoms with Gasteiger partial charge in [-0.05, 0) is 44.9 Å². The van der Waals surface area contributed by atoms with E-state index in [-0.39, 0.29) is 24.9 Å². The lowest BCUT2D eigenvalue weighted by Gasteiger charge is -2.24. The quantitative estimate of drug-likeness (QED) is 0.0321. The molecule has 66 heavy (non-hydrogen) atoms. The number of esters is 1. The van der Waals surface area contributed by atoms with Crippen molar-refractivity contribution in [2.45, 2.75) is 341 Å². The number of hydrogen-bond donors (Lipinski definition) is 3. The van der Waals surface area contributed by atoms with Crippen molar-refractivity contribution in [3.63, 3.8) is 0 Å². The Labute approximate surface area is 411 Å². The SMILES string of the molecule is CCCCCCCCC/C=C/C=C/CCCC(CC(=O)NC(CO)C(O)CCCCCCCCCCCCCCCC)OC(=O)CCCCCCCCCCCCCCCCCCCCC. The Morgan fingerprint density at radius 2 is 0.773 bits per heavy atom. The first-order valence-electron chi connectivity index (χ1n) is 29.6. The molecule has 390 valence electrons. The molecule has 0 radical (unpaired) electrons. The van der Waals surface area contributed by atoms with Gasteiger partial charge in [-0.3, -0.25) is 9.59 Å². The van der Waals surface area contributed by atoms with E-state index in [0.29, 0.717) is 19.3 Å². The minimum absolute atomic E-state index is 0.0507. The maximum atomic E-state index is 13.3. The van der Waals surface area contributed by atoms with Crippen molar-refractivity contribution in [3.8, 4) is 0 Å². The average molecular weight is 931 g/mol. The first-order chi connectivity index (χ1) is 32.5. The molecule has 0 aromatic rings. The number of aliphatic hydroxyl groups excluding tert-OH is 2. The molecule has 3 N–H and O–H groups in total. The summed E-state index contributed by atoms with van der Waals surface area (Å²) in [4.78, 5) is 26.3. The van der Waals surface area contributed by atoms with E-state index in [9.17, 15) is 19.8 Å². The molecule has 1 amide bonds.